The molecule has 63 valence electrons. The van der Waals surface area contributed by atoms with Gasteiger partial charge in [-0.3, -0.25) is 15.4 Å². The van der Waals surface area contributed by atoms with E-state index in [0.717, 1.165) is 13.1 Å². The summed E-state index contributed by atoms with van der Waals surface area (Å²) in [5.74, 6) is 0.254. The summed E-state index contributed by atoms with van der Waals surface area (Å²) >= 11 is 0. The molecule has 1 aromatic heterocycles. The molecule has 0 bridgehead atoms. The maximum Gasteiger partial charge on any atom is 0.236 e. The van der Waals surface area contributed by atoms with Crippen LogP contribution in [0.1, 0.15) is 10.6 Å². The Morgan fingerprint density at radius 2 is 2.17 bits per heavy atom. The van der Waals surface area contributed by atoms with Crippen molar-refractivity contribution in [2.45, 2.75) is 0 Å². The van der Waals surface area contributed by atoms with Gasteiger partial charge in [0.2, 0.25) is 5.78 Å². The van der Waals surface area contributed by atoms with Crippen LogP contribution in [0.3, 0.4) is 0 Å². The van der Waals surface area contributed by atoms with Gasteiger partial charge in [0.1, 0.15) is 0 Å². The minimum Gasteiger partial charge on any atom is -0.461 e. The summed E-state index contributed by atoms with van der Waals surface area (Å²) in [6, 6.07) is 3.35. The lowest BCUT2D eigenvalue weighted by molar-refractivity contribution is 0.0964. The minimum absolute atomic E-state index is 0.113. The van der Waals surface area contributed by atoms with Crippen LogP contribution in [0, 0.1) is 6.17 Å². The molecule has 0 saturated carbocycles. The van der Waals surface area contributed by atoms with Gasteiger partial charge in [-0.15, -0.1) is 0 Å². The molecule has 2 rings (SSSR count). The minimum atomic E-state index is -0.113. The van der Waals surface area contributed by atoms with Gasteiger partial charge in [-0.1, -0.05) is 0 Å². The van der Waals surface area contributed by atoms with Crippen molar-refractivity contribution < 1.29 is 9.21 Å². The second-order valence-corrected chi connectivity index (χ2v) is 2.53. The van der Waals surface area contributed by atoms with E-state index >= 15 is 0 Å². The van der Waals surface area contributed by atoms with Crippen LogP contribution in [-0.4, -0.2) is 18.9 Å². The average Bonchev–Trinajstić information content (AvgIpc) is 2.77. The fourth-order valence-corrected chi connectivity index (χ4v) is 1.13. The van der Waals surface area contributed by atoms with E-state index < -0.39 is 0 Å². The Labute approximate surface area is 69.9 Å². The van der Waals surface area contributed by atoms with Crippen molar-refractivity contribution in [2.24, 2.45) is 0 Å². The van der Waals surface area contributed by atoms with Crippen LogP contribution in [0.25, 0.3) is 0 Å². The number of Topliss-reactive ketones (excluding diaryl/α,β-unsaturated/α-hetero) is 1. The molecular formula is C8H9N2O2. The maximum atomic E-state index is 11.5. The lowest BCUT2D eigenvalue weighted by atomic mass is 10.2. The molecule has 2 heterocycles. The molecule has 0 unspecified atom stereocenters. The second-order valence-electron chi connectivity index (χ2n) is 2.53. The number of rotatable bonds is 2. The molecule has 2 N–H and O–H groups in total. The highest BCUT2D eigenvalue weighted by Gasteiger charge is 2.25. The van der Waals surface area contributed by atoms with Gasteiger partial charge in [-0.2, -0.15) is 0 Å². The van der Waals surface area contributed by atoms with Gasteiger partial charge in [0.15, 0.2) is 11.9 Å². The fraction of sp³-hybridized carbons (Fsp3) is 0.250. The Balaban J connectivity index is 2.09. The summed E-state index contributed by atoms with van der Waals surface area (Å²) in [5, 5.41) is 5.88. The molecular weight excluding hydrogens is 156 g/mol. The molecule has 0 aromatic carbocycles. The molecule has 0 amide bonds. The summed E-state index contributed by atoms with van der Waals surface area (Å²) < 4.78 is 4.96. The third-order valence-corrected chi connectivity index (χ3v) is 1.70. The Bertz CT molecular complexity index is 263. The van der Waals surface area contributed by atoms with Crippen LogP contribution in [-0.2, 0) is 0 Å². The molecule has 1 aliphatic rings. The second kappa shape index (κ2) is 3.08. The number of nitrogens with one attached hydrogen (secondary N) is 2. The van der Waals surface area contributed by atoms with Gasteiger partial charge in [0.05, 0.1) is 6.26 Å². The van der Waals surface area contributed by atoms with Gasteiger partial charge in [-0.05, 0) is 12.1 Å². The lowest BCUT2D eigenvalue weighted by Crippen LogP contribution is -2.29. The van der Waals surface area contributed by atoms with E-state index in [2.05, 4.69) is 10.6 Å². The first-order chi connectivity index (χ1) is 5.88. The van der Waals surface area contributed by atoms with Crippen molar-refractivity contribution in [1.82, 2.24) is 10.6 Å². The molecule has 1 radical (unpaired) electrons. The van der Waals surface area contributed by atoms with E-state index in [1.165, 1.54) is 6.26 Å². The van der Waals surface area contributed by atoms with Crippen molar-refractivity contribution in [3.63, 3.8) is 0 Å². The summed E-state index contributed by atoms with van der Waals surface area (Å²) in [5.41, 5.74) is 0. The first kappa shape index (κ1) is 7.52. The van der Waals surface area contributed by atoms with Crippen LogP contribution in [0.2, 0.25) is 0 Å². The topological polar surface area (TPSA) is 54.3 Å². The number of carbonyl (C=O) groups excluding carboxylic acids is 1. The molecule has 0 aliphatic carbocycles. The predicted molar refractivity (Wildman–Crippen MR) is 42.3 cm³/mol. The standard InChI is InChI=1S/C8H9N2O2/c11-7(6-2-1-5-12-6)8-9-3-4-10-8/h1-2,5,9-10H,3-4H2. The van der Waals surface area contributed by atoms with Gasteiger partial charge < -0.3 is 4.42 Å². The molecule has 0 spiro atoms. The molecule has 1 fully saturated rings. The molecule has 1 saturated heterocycles. The van der Waals surface area contributed by atoms with E-state index in [1.54, 1.807) is 12.1 Å². The van der Waals surface area contributed by atoms with E-state index in [4.69, 9.17) is 4.42 Å². The molecule has 0 atom stereocenters. The number of furan rings is 1. The van der Waals surface area contributed by atoms with Gasteiger partial charge in [0, 0.05) is 13.1 Å². The highest BCUT2D eigenvalue weighted by molar-refractivity contribution is 6.03. The van der Waals surface area contributed by atoms with Gasteiger partial charge >= 0.3 is 0 Å². The van der Waals surface area contributed by atoms with Crippen LogP contribution in [0.15, 0.2) is 22.8 Å². The van der Waals surface area contributed by atoms with Crippen molar-refractivity contribution >= 4 is 5.78 Å². The molecule has 4 nitrogen and oxygen atoms in total. The predicted octanol–water partition coefficient (Wildman–Crippen LogP) is 0.145. The maximum absolute atomic E-state index is 11.5. The SMILES string of the molecule is O=C([C]1NCCN1)c1ccco1. The number of carbonyl (C=O) groups is 1. The highest BCUT2D eigenvalue weighted by atomic mass is 16.3. The Hall–Kier alpha value is -1.13. The largest absolute Gasteiger partial charge is 0.461 e. The summed E-state index contributed by atoms with van der Waals surface area (Å²) in [6.07, 6.45) is 2.02. The van der Waals surface area contributed by atoms with Crippen LogP contribution >= 0.6 is 0 Å². The van der Waals surface area contributed by atoms with E-state index in [1.807, 2.05) is 0 Å². The van der Waals surface area contributed by atoms with Crippen LogP contribution < -0.4 is 10.6 Å². The highest BCUT2D eigenvalue weighted by Crippen LogP contribution is 2.08. The number of hydrogen-bond donors (Lipinski definition) is 2. The normalized spacial score (nSPS) is 18.3. The zero-order chi connectivity index (χ0) is 8.39. The third-order valence-electron chi connectivity index (χ3n) is 1.70. The Morgan fingerprint density at radius 1 is 1.42 bits per heavy atom. The average molecular weight is 165 g/mol. The quantitative estimate of drug-likeness (QED) is 0.612. The van der Waals surface area contributed by atoms with Crippen molar-refractivity contribution in [1.29, 1.82) is 0 Å². The lowest BCUT2D eigenvalue weighted by Gasteiger charge is -2.04. The zero-order valence-electron chi connectivity index (χ0n) is 6.46. The Kier molecular flexibility index (Phi) is 1.93. The van der Waals surface area contributed by atoms with Crippen molar-refractivity contribution in [2.75, 3.05) is 13.1 Å². The molecule has 1 aromatic rings. The molecule has 4 heteroatoms. The monoisotopic (exact) mass is 165 g/mol. The number of hydrogen-bond acceptors (Lipinski definition) is 4. The van der Waals surface area contributed by atoms with Gasteiger partial charge in [0.25, 0.3) is 0 Å². The van der Waals surface area contributed by atoms with E-state index in [-0.39, 0.29) is 5.78 Å². The summed E-state index contributed by atoms with van der Waals surface area (Å²) in [4.78, 5) is 11.5. The zero-order valence-corrected chi connectivity index (χ0v) is 6.46. The number of ketones is 1. The Morgan fingerprint density at radius 3 is 2.75 bits per heavy atom. The van der Waals surface area contributed by atoms with Crippen molar-refractivity contribution in [3.8, 4) is 0 Å². The van der Waals surface area contributed by atoms with Crippen LogP contribution in [0.5, 0.6) is 0 Å². The first-order valence-electron chi connectivity index (χ1n) is 3.81. The molecule has 1 aliphatic heterocycles. The molecule has 12 heavy (non-hydrogen) atoms. The smallest absolute Gasteiger partial charge is 0.236 e. The van der Waals surface area contributed by atoms with Crippen LogP contribution in [0.4, 0.5) is 0 Å². The van der Waals surface area contributed by atoms with Crippen molar-refractivity contribution in [3.05, 3.63) is 30.3 Å². The summed E-state index contributed by atoms with van der Waals surface area (Å²) in [7, 11) is 0. The van der Waals surface area contributed by atoms with E-state index in [9.17, 15) is 4.79 Å². The first-order valence-corrected chi connectivity index (χ1v) is 3.81. The summed E-state index contributed by atoms with van der Waals surface area (Å²) in [6.45, 7) is 1.59. The third kappa shape index (κ3) is 1.26. The van der Waals surface area contributed by atoms with E-state index in [0.29, 0.717) is 11.9 Å². The fourth-order valence-electron chi connectivity index (χ4n) is 1.13. The van der Waals surface area contributed by atoms with Gasteiger partial charge in [-0.25, -0.2) is 0 Å².